The quantitative estimate of drug-likeness (QED) is 0.948. The standard InChI is InChI=1S/C17H22N4O/c1-11-12(2)20-21(13(11)3)16-9-8-14(10-18-16)17(22)19-15-6-4-5-7-15/h8-10,15H,4-7H2,1-3H3,(H,19,22). The molecular formula is C17H22N4O. The minimum absolute atomic E-state index is 0.0319. The van der Waals surface area contributed by atoms with Crippen LogP contribution in [-0.2, 0) is 0 Å². The lowest BCUT2D eigenvalue weighted by Crippen LogP contribution is -2.32. The Bertz CT molecular complexity index is 681. The number of carbonyl (C=O) groups is 1. The average molecular weight is 298 g/mol. The zero-order valence-electron chi connectivity index (χ0n) is 13.4. The van der Waals surface area contributed by atoms with Crippen molar-refractivity contribution in [1.29, 1.82) is 0 Å². The van der Waals surface area contributed by atoms with Gasteiger partial charge in [-0.3, -0.25) is 4.79 Å². The van der Waals surface area contributed by atoms with Gasteiger partial charge in [0.05, 0.1) is 11.3 Å². The molecule has 116 valence electrons. The minimum atomic E-state index is -0.0319. The van der Waals surface area contributed by atoms with Crippen LogP contribution in [0.15, 0.2) is 18.3 Å². The number of carbonyl (C=O) groups excluding carboxylic acids is 1. The topological polar surface area (TPSA) is 59.8 Å². The van der Waals surface area contributed by atoms with E-state index in [0.717, 1.165) is 30.0 Å². The number of nitrogens with zero attached hydrogens (tertiary/aromatic N) is 3. The number of amides is 1. The molecule has 0 unspecified atom stereocenters. The third-order valence-electron chi connectivity index (χ3n) is 4.57. The number of nitrogens with one attached hydrogen (secondary N) is 1. The van der Waals surface area contributed by atoms with Gasteiger partial charge in [-0.15, -0.1) is 0 Å². The molecule has 0 bridgehead atoms. The summed E-state index contributed by atoms with van der Waals surface area (Å²) in [7, 11) is 0. The molecule has 2 aromatic rings. The lowest BCUT2D eigenvalue weighted by molar-refractivity contribution is 0.0937. The normalized spacial score (nSPS) is 15.2. The van der Waals surface area contributed by atoms with Crippen LogP contribution in [-0.4, -0.2) is 26.7 Å². The first-order valence-electron chi connectivity index (χ1n) is 7.86. The highest BCUT2D eigenvalue weighted by Crippen LogP contribution is 2.19. The van der Waals surface area contributed by atoms with Crippen molar-refractivity contribution in [2.45, 2.75) is 52.5 Å². The summed E-state index contributed by atoms with van der Waals surface area (Å²) in [5.41, 5.74) is 3.86. The van der Waals surface area contributed by atoms with Crippen molar-refractivity contribution < 1.29 is 4.79 Å². The lowest BCUT2D eigenvalue weighted by atomic mass is 10.2. The van der Waals surface area contributed by atoms with Crippen molar-refractivity contribution in [3.8, 4) is 5.82 Å². The van der Waals surface area contributed by atoms with Gasteiger partial charge in [0, 0.05) is 17.9 Å². The van der Waals surface area contributed by atoms with E-state index in [4.69, 9.17) is 0 Å². The maximum absolute atomic E-state index is 12.2. The van der Waals surface area contributed by atoms with Crippen molar-refractivity contribution in [3.05, 3.63) is 40.8 Å². The third kappa shape index (κ3) is 2.75. The molecular weight excluding hydrogens is 276 g/mol. The van der Waals surface area contributed by atoms with Crippen LogP contribution >= 0.6 is 0 Å². The van der Waals surface area contributed by atoms with E-state index in [9.17, 15) is 4.79 Å². The summed E-state index contributed by atoms with van der Waals surface area (Å²) in [5.74, 6) is 0.710. The Kier molecular flexibility index (Phi) is 3.96. The number of aryl methyl sites for hydroxylation is 1. The van der Waals surface area contributed by atoms with Crippen LogP contribution in [0.4, 0.5) is 0 Å². The van der Waals surface area contributed by atoms with Crippen molar-refractivity contribution in [2.75, 3.05) is 0 Å². The van der Waals surface area contributed by atoms with Gasteiger partial charge in [-0.2, -0.15) is 5.10 Å². The van der Waals surface area contributed by atoms with E-state index in [1.807, 2.05) is 30.7 Å². The van der Waals surface area contributed by atoms with Gasteiger partial charge in [0.15, 0.2) is 5.82 Å². The van der Waals surface area contributed by atoms with E-state index < -0.39 is 0 Å². The van der Waals surface area contributed by atoms with Gasteiger partial charge < -0.3 is 5.32 Å². The summed E-state index contributed by atoms with van der Waals surface area (Å²) in [4.78, 5) is 16.6. The lowest BCUT2D eigenvalue weighted by Gasteiger charge is -2.12. The highest BCUT2D eigenvalue weighted by atomic mass is 16.1. The largest absolute Gasteiger partial charge is 0.349 e. The Labute approximate surface area is 130 Å². The molecule has 1 aliphatic rings. The fourth-order valence-corrected chi connectivity index (χ4v) is 2.93. The zero-order chi connectivity index (χ0) is 15.7. The first-order valence-corrected chi connectivity index (χ1v) is 7.86. The summed E-state index contributed by atoms with van der Waals surface area (Å²) >= 11 is 0. The molecule has 0 aliphatic heterocycles. The molecule has 1 aliphatic carbocycles. The van der Waals surface area contributed by atoms with E-state index in [1.165, 1.54) is 18.4 Å². The highest BCUT2D eigenvalue weighted by Gasteiger charge is 2.18. The van der Waals surface area contributed by atoms with Crippen molar-refractivity contribution in [3.63, 3.8) is 0 Å². The Hall–Kier alpha value is -2.17. The molecule has 0 atom stereocenters. The maximum Gasteiger partial charge on any atom is 0.253 e. The van der Waals surface area contributed by atoms with Crippen LogP contribution in [0, 0.1) is 20.8 Å². The van der Waals surface area contributed by atoms with E-state index >= 15 is 0 Å². The van der Waals surface area contributed by atoms with Gasteiger partial charge in [0.1, 0.15) is 0 Å². The Morgan fingerprint density at radius 3 is 2.50 bits per heavy atom. The summed E-state index contributed by atoms with van der Waals surface area (Å²) in [5, 5.41) is 7.57. The van der Waals surface area contributed by atoms with Crippen LogP contribution < -0.4 is 5.32 Å². The average Bonchev–Trinajstić information content (AvgIpc) is 3.12. The number of rotatable bonds is 3. The van der Waals surface area contributed by atoms with Crippen LogP contribution in [0.25, 0.3) is 5.82 Å². The van der Waals surface area contributed by atoms with E-state index in [0.29, 0.717) is 11.6 Å². The molecule has 1 N–H and O–H groups in total. The predicted molar refractivity (Wildman–Crippen MR) is 85.3 cm³/mol. The highest BCUT2D eigenvalue weighted by molar-refractivity contribution is 5.94. The zero-order valence-corrected chi connectivity index (χ0v) is 13.4. The second-order valence-electron chi connectivity index (χ2n) is 6.07. The molecule has 0 spiro atoms. The first-order chi connectivity index (χ1) is 10.6. The van der Waals surface area contributed by atoms with E-state index in [1.54, 1.807) is 6.20 Å². The Morgan fingerprint density at radius 1 is 1.23 bits per heavy atom. The van der Waals surface area contributed by atoms with Crippen molar-refractivity contribution in [2.24, 2.45) is 0 Å². The van der Waals surface area contributed by atoms with Crippen LogP contribution in [0.1, 0.15) is 53.0 Å². The van der Waals surface area contributed by atoms with Crippen LogP contribution in [0.3, 0.4) is 0 Å². The molecule has 5 heteroatoms. The summed E-state index contributed by atoms with van der Waals surface area (Å²) in [6.07, 6.45) is 6.22. The summed E-state index contributed by atoms with van der Waals surface area (Å²) in [6, 6.07) is 3.99. The number of hydrogen-bond donors (Lipinski definition) is 1. The van der Waals surface area contributed by atoms with Gasteiger partial charge >= 0.3 is 0 Å². The number of aromatic nitrogens is 3. The molecule has 2 heterocycles. The molecule has 2 aromatic heterocycles. The second kappa shape index (κ2) is 5.91. The minimum Gasteiger partial charge on any atom is -0.349 e. The first kappa shape index (κ1) is 14.8. The van der Waals surface area contributed by atoms with Gasteiger partial charge in [-0.05, 0) is 51.3 Å². The molecule has 0 radical (unpaired) electrons. The number of pyridine rings is 1. The molecule has 1 fully saturated rings. The van der Waals surface area contributed by atoms with Gasteiger partial charge in [-0.25, -0.2) is 9.67 Å². The number of hydrogen-bond acceptors (Lipinski definition) is 3. The van der Waals surface area contributed by atoms with Crippen molar-refractivity contribution >= 4 is 5.91 Å². The van der Waals surface area contributed by atoms with Gasteiger partial charge in [-0.1, -0.05) is 12.8 Å². The third-order valence-corrected chi connectivity index (χ3v) is 4.57. The van der Waals surface area contributed by atoms with Crippen LogP contribution in [0.5, 0.6) is 0 Å². The molecule has 3 rings (SSSR count). The molecule has 0 aromatic carbocycles. The summed E-state index contributed by atoms with van der Waals surface area (Å²) < 4.78 is 1.82. The fourth-order valence-electron chi connectivity index (χ4n) is 2.93. The maximum atomic E-state index is 12.2. The SMILES string of the molecule is Cc1nn(-c2ccc(C(=O)NC3CCCC3)cn2)c(C)c1C. The summed E-state index contributed by atoms with van der Waals surface area (Å²) in [6.45, 7) is 6.07. The van der Waals surface area contributed by atoms with Gasteiger partial charge in [0.2, 0.25) is 0 Å². The second-order valence-corrected chi connectivity index (χ2v) is 6.07. The molecule has 0 saturated heterocycles. The molecule has 22 heavy (non-hydrogen) atoms. The molecule has 1 saturated carbocycles. The monoisotopic (exact) mass is 298 g/mol. The Morgan fingerprint density at radius 2 is 1.95 bits per heavy atom. The Balaban J connectivity index is 1.77. The van der Waals surface area contributed by atoms with Gasteiger partial charge in [0.25, 0.3) is 5.91 Å². The van der Waals surface area contributed by atoms with Crippen molar-refractivity contribution in [1.82, 2.24) is 20.1 Å². The predicted octanol–water partition coefficient (Wildman–Crippen LogP) is 2.86. The van der Waals surface area contributed by atoms with E-state index in [2.05, 4.69) is 22.3 Å². The fraction of sp³-hybridized carbons (Fsp3) is 0.471. The van der Waals surface area contributed by atoms with Crippen LogP contribution in [0.2, 0.25) is 0 Å². The smallest absolute Gasteiger partial charge is 0.253 e. The van der Waals surface area contributed by atoms with E-state index in [-0.39, 0.29) is 5.91 Å². The molecule has 1 amide bonds. The molecule has 5 nitrogen and oxygen atoms in total.